The van der Waals surface area contributed by atoms with Crippen LogP contribution in [0.15, 0.2) is 24.3 Å². The molecule has 24 heavy (non-hydrogen) atoms. The van der Waals surface area contributed by atoms with Gasteiger partial charge in [-0.05, 0) is 44.2 Å². The Bertz CT molecular complexity index is 560. The van der Waals surface area contributed by atoms with Crippen molar-refractivity contribution < 1.29 is 24.2 Å². The van der Waals surface area contributed by atoms with Crippen LogP contribution >= 0.6 is 0 Å². The van der Waals surface area contributed by atoms with Crippen LogP contribution in [0.2, 0.25) is 0 Å². The summed E-state index contributed by atoms with van der Waals surface area (Å²) in [6, 6.07) is 7.29. The molecule has 0 aliphatic carbocycles. The molecule has 0 aromatic heterocycles. The summed E-state index contributed by atoms with van der Waals surface area (Å²) >= 11 is 0. The SMILES string of the molecule is CCOc1ccccc1OCC(=O)N1CCC[C@@H](CCC(=O)O)C1. The fourth-order valence-corrected chi connectivity index (χ4v) is 2.93. The first-order valence-corrected chi connectivity index (χ1v) is 8.44. The van der Waals surface area contributed by atoms with Gasteiger partial charge in [0.25, 0.3) is 5.91 Å². The van der Waals surface area contributed by atoms with Crippen molar-refractivity contribution in [3.63, 3.8) is 0 Å². The van der Waals surface area contributed by atoms with Crippen molar-refractivity contribution in [2.45, 2.75) is 32.6 Å². The van der Waals surface area contributed by atoms with Crippen LogP contribution in [0.25, 0.3) is 0 Å². The summed E-state index contributed by atoms with van der Waals surface area (Å²) in [6.07, 6.45) is 2.66. The van der Waals surface area contributed by atoms with Gasteiger partial charge in [0.15, 0.2) is 18.1 Å². The third-order valence-electron chi connectivity index (χ3n) is 4.14. The van der Waals surface area contributed by atoms with E-state index in [1.807, 2.05) is 25.1 Å². The minimum Gasteiger partial charge on any atom is -0.490 e. The predicted octanol–water partition coefficient (Wildman–Crippen LogP) is 2.57. The Balaban J connectivity index is 1.84. The number of ether oxygens (including phenoxy) is 2. The van der Waals surface area contributed by atoms with Gasteiger partial charge in [0.2, 0.25) is 0 Å². The van der Waals surface area contributed by atoms with E-state index < -0.39 is 5.97 Å². The van der Waals surface area contributed by atoms with Crippen LogP contribution in [0.4, 0.5) is 0 Å². The van der Waals surface area contributed by atoms with Crippen molar-refractivity contribution in [1.29, 1.82) is 0 Å². The molecule has 132 valence electrons. The Morgan fingerprint density at radius 1 is 1.25 bits per heavy atom. The largest absolute Gasteiger partial charge is 0.490 e. The number of aliphatic carboxylic acids is 1. The summed E-state index contributed by atoms with van der Waals surface area (Å²) in [5.74, 6) is 0.600. The molecule has 1 amide bonds. The summed E-state index contributed by atoms with van der Waals surface area (Å²) in [5.41, 5.74) is 0. The molecule has 1 N–H and O–H groups in total. The van der Waals surface area contributed by atoms with Crippen molar-refractivity contribution in [1.82, 2.24) is 4.90 Å². The number of likely N-dealkylation sites (tertiary alicyclic amines) is 1. The third kappa shape index (κ3) is 5.44. The average Bonchev–Trinajstić information content (AvgIpc) is 2.59. The van der Waals surface area contributed by atoms with Gasteiger partial charge < -0.3 is 19.5 Å². The van der Waals surface area contributed by atoms with Crippen LogP contribution in [0.1, 0.15) is 32.6 Å². The fraction of sp³-hybridized carbons (Fsp3) is 0.556. The Morgan fingerprint density at radius 3 is 2.62 bits per heavy atom. The highest BCUT2D eigenvalue weighted by Gasteiger charge is 2.24. The van der Waals surface area contributed by atoms with Gasteiger partial charge in [0, 0.05) is 19.5 Å². The second-order valence-electron chi connectivity index (χ2n) is 5.95. The van der Waals surface area contributed by atoms with E-state index >= 15 is 0 Å². The van der Waals surface area contributed by atoms with Crippen molar-refractivity contribution in [3.8, 4) is 11.5 Å². The minimum absolute atomic E-state index is 0.0320. The van der Waals surface area contributed by atoms with Gasteiger partial charge in [-0.1, -0.05) is 12.1 Å². The maximum atomic E-state index is 12.4. The molecule has 0 unspecified atom stereocenters. The molecule has 1 aliphatic rings. The lowest BCUT2D eigenvalue weighted by atomic mass is 9.93. The summed E-state index contributed by atoms with van der Waals surface area (Å²) in [6.45, 7) is 3.72. The van der Waals surface area contributed by atoms with Crippen LogP contribution in [-0.4, -0.2) is 48.2 Å². The number of hydrogen-bond donors (Lipinski definition) is 1. The molecule has 0 bridgehead atoms. The molecule has 1 saturated heterocycles. The monoisotopic (exact) mass is 335 g/mol. The van der Waals surface area contributed by atoms with E-state index in [1.54, 1.807) is 11.0 Å². The molecule has 6 heteroatoms. The Morgan fingerprint density at radius 2 is 1.96 bits per heavy atom. The van der Waals surface area contributed by atoms with Gasteiger partial charge in [0.1, 0.15) is 0 Å². The molecular formula is C18H25NO5. The molecule has 2 rings (SSSR count). The van der Waals surface area contributed by atoms with E-state index in [-0.39, 0.29) is 24.9 Å². The Labute approximate surface area is 142 Å². The van der Waals surface area contributed by atoms with Gasteiger partial charge in [0.05, 0.1) is 6.61 Å². The summed E-state index contributed by atoms with van der Waals surface area (Å²) < 4.78 is 11.1. The minimum atomic E-state index is -0.783. The number of carbonyl (C=O) groups is 2. The lowest BCUT2D eigenvalue weighted by Crippen LogP contribution is -2.42. The molecule has 0 saturated carbocycles. The molecular weight excluding hydrogens is 310 g/mol. The number of carboxylic acid groups (broad SMARTS) is 1. The smallest absolute Gasteiger partial charge is 0.303 e. The molecule has 1 aromatic rings. The highest BCUT2D eigenvalue weighted by molar-refractivity contribution is 5.78. The fourth-order valence-electron chi connectivity index (χ4n) is 2.93. The zero-order valence-electron chi connectivity index (χ0n) is 14.1. The van der Waals surface area contributed by atoms with Crippen molar-refractivity contribution >= 4 is 11.9 Å². The maximum Gasteiger partial charge on any atom is 0.303 e. The normalized spacial score (nSPS) is 17.4. The number of para-hydroxylation sites is 2. The van der Waals surface area contributed by atoms with Crippen LogP contribution in [0, 0.1) is 5.92 Å². The highest BCUT2D eigenvalue weighted by Crippen LogP contribution is 2.26. The number of piperidine rings is 1. The number of carboxylic acids is 1. The molecule has 0 spiro atoms. The van der Waals surface area contributed by atoms with E-state index in [2.05, 4.69) is 0 Å². The van der Waals surface area contributed by atoms with Crippen LogP contribution in [0.5, 0.6) is 11.5 Å². The molecule has 1 aromatic carbocycles. The van der Waals surface area contributed by atoms with E-state index in [0.29, 0.717) is 37.6 Å². The lowest BCUT2D eigenvalue weighted by Gasteiger charge is -2.32. The van der Waals surface area contributed by atoms with Gasteiger partial charge in [-0.25, -0.2) is 0 Å². The van der Waals surface area contributed by atoms with Crippen molar-refractivity contribution in [2.75, 3.05) is 26.3 Å². The first-order chi connectivity index (χ1) is 11.6. The predicted molar refractivity (Wildman–Crippen MR) is 89.3 cm³/mol. The number of rotatable bonds is 8. The van der Waals surface area contributed by atoms with Crippen LogP contribution in [0.3, 0.4) is 0 Å². The van der Waals surface area contributed by atoms with Gasteiger partial charge in [-0.15, -0.1) is 0 Å². The lowest BCUT2D eigenvalue weighted by molar-refractivity contribution is -0.137. The zero-order valence-corrected chi connectivity index (χ0v) is 14.1. The summed E-state index contributed by atoms with van der Waals surface area (Å²) in [4.78, 5) is 24.8. The average molecular weight is 335 g/mol. The highest BCUT2D eigenvalue weighted by atomic mass is 16.5. The topological polar surface area (TPSA) is 76.1 Å². The van der Waals surface area contributed by atoms with E-state index in [0.717, 1.165) is 12.8 Å². The Hall–Kier alpha value is -2.24. The first kappa shape index (κ1) is 18.1. The maximum absolute atomic E-state index is 12.4. The quantitative estimate of drug-likeness (QED) is 0.790. The van der Waals surface area contributed by atoms with E-state index in [4.69, 9.17) is 14.6 Å². The molecule has 0 radical (unpaired) electrons. The second-order valence-corrected chi connectivity index (χ2v) is 5.95. The van der Waals surface area contributed by atoms with E-state index in [1.165, 1.54) is 0 Å². The molecule has 1 atom stereocenters. The number of hydrogen-bond acceptors (Lipinski definition) is 4. The van der Waals surface area contributed by atoms with Gasteiger partial charge in [-0.3, -0.25) is 9.59 Å². The summed E-state index contributed by atoms with van der Waals surface area (Å²) in [5, 5.41) is 8.79. The summed E-state index contributed by atoms with van der Waals surface area (Å²) in [7, 11) is 0. The number of nitrogens with zero attached hydrogens (tertiary/aromatic N) is 1. The molecule has 1 heterocycles. The zero-order chi connectivity index (χ0) is 17.4. The van der Waals surface area contributed by atoms with Gasteiger partial charge in [-0.2, -0.15) is 0 Å². The van der Waals surface area contributed by atoms with Crippen molar-refractivity contribution in [3.05, 3.63) is 24.3 Å². The number of carbonyl (C=O) groups excluding carboxylic acids is 1. The van der Waals surface area contributed by atoms with E-state index in [9.17, 15) is 9.59 Å². The Kier molecular flexibility index (Phi) is 6.90. The second kappa shape index (κ2) is 9.15. The number of amides is 1. The standard InChI is InChI=1S/C18H25NO5/c1-2-23-15-7-3-4-8-16(15)24-13-17(20)19-11-5-6-14(12-19)9-10-18(21)22/h3-4,7-8,14H,2,5-6,9-13H2,1H3,(H,21,22)/t14-/m0/s1. The van der Waals surface area contributed by atoms with Crippen LogP contribution in [-0.2, 0) is 9.59 Å². The van der Waals surface area contributed by atoms with Crippen LogP contribution < -0.4 is 9.47 Å². The van der Waals surface area contributed by atoms with Crippen molar-refractivity contribution in [2.24, 2.45) is 5.92 Å². The molecule has 6 nitrogen and oxygen atoms in total. The molecule has 1 aliphatic heterocycles. The van der Waals surface area contributed by atoms with Gasteiger partial charge >= 0.3 is 5.97 Å². The number of benzene rings is 1. The third-order valence-corrected chi connectivity index (χ3v) is 4.14. The first-order valence-electron chi connectivity index (χ1n) is 8.44. The molecule has 1 fully saturated rings.